The molecule has 0 radical (unpaired) electrons. The number of amides is 1. The van der Waals surface area contributed by atoms with Crippen LogP contribution in [0.25, 0.3) is 10.6 Å². The number of halogens is 1. The summed E-state index contributed by atoms with van der Waals surface area (Å²) in [6, 6.07) is 18.4. The molecule has 5 rings (SSSR count). The Bertz CT molecular complexity index is 1290. The minimum absolute atomic E-state index is 0.281. The minimum Gasteiger partial charge on any atom is -0.367 e. The van der Waals surface area contributed by atoms with Gasteiger partial charge < -0.3 is 10.2 Å². The summed E-state index contributed by atoms with van der Waals surface area (Å²) < 4.78 is 14.1. The van der Waals surface area contributed by atoms with Crippen molar-refractivity contribution in [3.8, 4) is 10.6 Å². The molecular weight excluding hydrogens is 461 g/mol. The van der Waals surface area contributed by atoms with Crippen LogP contribution in [-0.4, -0.2) is 53.5 Å². The molecule has 8 heteroatoms. The van der Waals surface area contributed by atoms with Gasteiger partial charge in [0.25, 0.3) is 5.91 Å². The summed E-state index contributed by atoms with van der Waals surface area (Å²) in [7, 11) is 0. The molecule has 2 aromatic carbocycles. The van der Waals surface area contributed by atoms with Gasteiger partial charge in [-0.2, -0.15) is 0 Å². The van der Waals surface area contributed by atoms with Gasteiger partial charge in [0, 0.05) is 56.1 Å². The van der Waals surface area contributed by atoms with Crippen molar-refractivity contribution in [1.29, 1.82) is 0 Å². The Morgan fingerprint density at radius 3 is 2.51 bits per heavy atom. The van der Waals surface area contributed by atoms with Crippen LogP contribution < -0.4 is 10.2 Å². The van der Waals surface area contributed by atoms with E-state index in [9.17, 15) is 9.18 Å². The van der Waals surface area contributed by atoms with E-state index in [1.807, 2.05) is 36.7 Å². The number of hydrogen-bond donors (Lipinski definition) is 1. The first kappa shape index (κ1) is 23.1. The van der Waals surface area contributed by atoms with Crippen molar-refractivity contribution in [2.45, 2.75) is 6.42 Å². The van der Waals surface area contributed by atoms with Gasteiger partial charge in [-0.3, -0.25) is 14.7 Å². The standard InChI is InChI=1S/C27H26FN5OS/c28-22-6-2-1-5-21(22)27-31-24(19-35-27)26(34)30-23-7-3-4-8-25(23)33-17-15-32(16-18-33)14-11-20-9-12-29-13-10-20/h1-10,12-13,19H,11,14-18H2,(H,30,34). The highest BCUT2D eigenvalue weighted by Gasteiger charge is 2.21. The Kier molecular flexibility index (Phi) is 7.11. The van der Waals surface area contributed by atoms with E-state index in [0.29, 0.717) is 10.6 Å². The topological polar surface area (TPSA) is 61.4 Å². The van der Waals surface area contributed by atoms with Crippen LogP contribution in [0.2, 0.25) is 0 Å². The van der Waals surface area contributed by atoms with Gasteiger partial charge in [0.15, 0.2) is 0 Å². The van der Waals surface area contributed by atoms with Crippen LogP contribution in [0.15, 0.2) is 78.4 Å². The van der Waals surface area contributed by atoms with Crippen LogP contribution in [0.4, 0.5) is 15.8 Å². The van der Waals surface area contributed by atoms with Crippen molar-refractivity contribution in [3.05, 3.63) is 95.5 Å². The summed E-state index contributed by atoms with van der Waals surface area (Å²) in [4.78, 5) is 26.2. The Morgan fingerprint density at radius 1 is 0.971 bits per heavy atom. The van der Waals surface area contributed by atoms with Crippen LogP contribution in [-0.2, 0) is 6.42 Å². The van der Waals surface area contributed by atoms with Crippen LogP contribution in [0.5, 0.6) is 0 Å². The van der Waals surface area contributed by atoms with Crippen molar-refractivity contribution in [1.82, 2.24) is 14.9 Å². The number of piperazine rings is 1. The highest BCUT2D eigenvalue weighted by atomic mass is 32.1. The van der Waals surface area contributed by atoms with E-state index in [1.165, 1.54) is 23.0 Å². The fourth-order valence-corrected chi connectivity index (χ4v) is 5.05. The lowest BCUT2D eigenvalue weighted by molar-refractivity contribution is 0.102. The average molecular weight is 488 g/mol. The summed E-state index contributed by atoms with van der Waals surface area (Å²) >= 11 is 1.26. The van der Waals surface area contributed by atoms with Crippen LogP contribution in [0.1, 0.15) is 16.1 Å². The molecular formula is C27H26FN5OS. The molecule has 1 amide bonds. The normalized spacial score (nSPS) is 14.1. The Balaban J connectivity index is 1.21. The van der Waals surface area contributed by atoms with E-state index in [0.717, 1.165) is 50.5 Å². The molecule has 2 aromatic heterocycles. The summed E-state index contributed by atoms with van der Waals surface area (Å²) in [5, 5.41) is 5.17. The maximum Gasteiger partial charge on any atom is 0.275 e. The number of carbonyl (C=O) groups is 1. The fraction of sp³-hybridized carbons (Fsp3) is 0.222. The molecule has 4 aromatic rings. The lowest BCUT2D eigenvalue weighted by Crippen LogP contribution is -2.47. The number of pyridine rings is 1. The molecule has 6 nitrogen and oxygen atoms in total. The van der Waals surface area contributed by atoms with Gasteiger partial charge in [-0.25, -0.2) is 9.37 Å². The lowest BCUT2D eigenvalue weighted by Gasteiger charge is -2.37. The molecule has 1 fully saturated rings. The number of hydrogen-bond acceptors (Lipinski definition) is 6. The molecule has 0 aliphatic carbocycles. The maximum atomic E-state index is 14.1. The van der Waals surface area contributed by atoms with E-state index < -0.39 is 0 Å². The monoisotopic (exact) mass is 487 g/mol. The highest BCUT2D eigenvalue weighted by molar-refractivity contribution is 7.13. The number of benzene rings is 2. The molecule has 0 atom stereocenters. The Labute approximate surface area is 208 Å². The number of anilines is 2. The number of carbonyl (C=O) groups excluding carboxylic acids is 1. The molecule has 1 aliphatic heterocycles. The van der Waals surface area contributed by atoms with E-state index in [1.54, 1.807) is 23.6 Å². The van der Waals surface area contributed by atoms with Gasteiger partial charge in [0.05, 0.1) is 11.4 Å². The fourth-order valence-electron chi connectivity index (χ4n) is 4.23. The SMILES string of the molecule is O=C(Nc1ccccc1N1CCN(CCc2ccncc2)CC1)c1csc(-c2ccccc2F)n1. The summed E-state index contributed by atoms with van der Waals surface area (Å²) in [5.41, 5.74) is 3.74. The van der Waals surface area contributed by atoms with Gasteiger partial charge in [-0.15, -0.1) is 11.3 Å². The van der Waals surface area contributed by atoms with Crippen molar-refractivity contribution >= 4 is 28.6 Å². The third-order valence-corrected chi connectivity index (χ3v) is 7.05. The highest BCUT2D eigenvalue weighted by Crippen LogP contribution is 2.29. The molecule has 0 saturated carbocycles. The number of thiazole rings is 1. The molecule has 1 saturated heterocycles. The number of aromatic nitrogens is 2. The molecule has 3 heterocycles. The van der Waals surface area contributed by atoms with E-state index in [-0.39, 0.29) is 17.4 Å². The molecule has 35 heavy (non-hydrogen) atoms. The zero-order chi connectivity index (χ0) is 24.0. The van der Waals surface area contributed by atoms with Gasteiger partial charge in [-0.1, -0.05) is 24.3 Å². The summed E-state index contributed by atoms with van der Waals surface area (Å²) in [6.07, 6.45) is 4.69. The van der Waals surface area contributed by atoms with Crippen LogP contribution in [0.3, 0.4) is 0 Å². The van der Waals surface area contributed by atoms with Gasteiger partial charge in [0.1, 0.15) is 16.5 Å². The number of rotatable bonds is 7. The first-order chi connectivity index (χ1) is 17.2. The first-order valence-corrected chi connectivity index (χ1v) is 12.5. The Morgan fingerprint density at radius 2 is 1.71 bits per heavy atom. The number of para-hydroxylation sites is 2. The lowest BCUT2D eigenvalue weighted by atomic mass is 10.1. The van der Waals surface area contributed by atoms with Crippen molar-refractivity contribution in [2.24, 2.45) is 0 Å². The zero-order valence-electron chi connectivity index (χ0n) is 19.2. The molecule has 178 valence electrons. The van der Waals surface area contributed by atoms with Crippen molar-refractivity contribution in [2.75, 3.05) is 42.9 Å². The molecule has 1 aliphatic rings. The third kappa shape index (κ3) is 5.55. The van der Waals surface area contributed by atoms with Gasteiger partial charge >= 0.3 is 0 Å². The smallest absolute Gasteiger partial charge is 0.275 e. The average Bonchev–Trinajstić information content (AvgIpc) is 3.39. The summed E-state index contributed by atoms with van der Waals surface area (Å²) in [5.74, 6) is -0.647. The van der Waals surface area contributed by atoms with E-state index in [2.05, 4.69) is 37.2 Å². The minimum atomic E-state index is -0.348. The second-order valence-electron chi connectivity index (χ2n) is 8.42. The number of nitrogens with one attached hydrogen (secondary N) is 1. The second-order valence-corrected chi connectivity index (χ2v) is 9.28. The van der Waals surface area contributed by atoms with Crippen molar-refractivity contribution in [3.63, 3.8) is 0 Å². The summed E-state index contributed by atoms with van der Waals surface area (Å²) in [6.45, 7) is 4.72. The Hall–Kier alpha value is -3.62. The molecule has 0 bridgehead atoms. The predicted octanol–water partition coefficient (Wildman–Crippen LogP) is 4.96. The largest absolute Gasteiger partial charge is 0.367 e. The quantitative estimate of drug-likeness (QED) is 0.399. The van der Waals surface area contributed by atoms with E-state index in [4.69, 9.17) is 0 Å². The second kappa shape index (κ2) is 10.8. The van der Waals surface area contributed by atoms with Gasteiger partial charge in [0.2, 0.25) is 0 Å². The van der Waals surface area contributed by atoms with Crippen LogP contribution >= 0.6 is 11.3 Å². The molecule has 1 N–H and O–H groups in total. The first-order valence-electron chi connectivity index (χ1n) is 11.6. The number of nitrogens with zero attached hydrogens (tertiary/aromatic N) is 4. The van der Waals surface area contributed by atoms with Gasteiger partial charge in [-0.05, 0) is 48.4 Å². The van der Waals surface area contributed by atoms with Crippen molar-refractivity contribution < 1.29 is 9.18 Å². The van der Waals surface area contributed by atoms with Crippen LogP contribution in [0, 0.1) is 5.82 Å². The third-order valence-electron chi connectivity index (χ3n) is 6.17. The molecule has 0 unspecified atom stereocenters. The van der Waals surface area contributed by atoms with E-state index >= 15 is 0 Å². The predicted molar refractivity (Wildman–Crippen MR) is 138 cm³/mol. The maximum absolute atomic E-state index is 14.1. The zero-order valence-corrected chi connectivity index (χ0v) is 20.0. The molecule has 0 spiro atoms.